The van der Waals surface area contributed by atoms with Crippen LogP contribution in [0.5, 0.6) is 0 Å². The van der Waals surface area contributed by atoms with Crippen LogP contribution >= 0.6 is 0 Å². The summed E-state index contributed by atoms with van der Waals surface area (Å²) in [6, 6.07) is 11.1. The van der Waals surface area contributed by atoms with Crippen LogP contribution in [0.25, 0.3) is 11.4 Å². The predicted molar refractivity (Wildman–Crippen MR) is 126 cm³/mol. The van der Waals surface area contributed by atoms with Gasteiger partial charge in [0, 0.05) is 30.5 Å². The second-order valence-corrected chi connectivity index (χ2v) is 8.94. The fourth-order valence-corrected chi connectivity index (χ4v) is 4.28. The van der Waals surface area contributed by atoms with E-state index in [4.69, 9.17) is 4.74 Å². The predicted octanol–water partition coefficient (Wildman–Crippen LogP) is 4.66. The number of rotatable bonds is 7. The van der Waals surface area contributed by atoms with E-state index < -0.39 is 29.9 Å². The van der Waals surface area contributed by atoms with Gasteiger partial charge in [-0.3, -0.25) is 9.59 Å². The maximum Gasteiger partial charge on any atom is 0.308 e. The van der Waals surface area contributed by atoms with Gasteiger partial charge in [0.1, 0.15) is 23.6 Å². The van der Waals surface area contributed by atoms with Crippen LogP contribution in [0.3, 0.4) is 0 Å². The minimum absolute atomic E-state index is 0.0147. The smallest absolute Gasteiger partial charge is 0.308 e. The number of anilines is 1. The number of benzene rings is 2. The van der Waals surface area contributed by atoms with Crippen molar-refractivity contribution < 1.29 is 28.2 Å². The van der Waals surface area contributed by atoms with Crippen molar-refractivity contribution in [1.82, 2.24) is 9.55 Å². The maximum atomic E-state index is 13.6. The summed E-state index contributed by atoms with van der Waals surface area (Å²) in [6.07, 6.45) is -0.433. The number of aliphatic hydroxyl groups excluding tert-OH is 1. The second-order valence-electron chi connectivity index (χ2n) is 8.94. The first-order valence-corrected chi connectivity index (χ1v) is 11.5. The number of hydrogen-bond acceptors (Lipinski definition) is 5. The molecule has 3 aromatic rings. The average molecular weight is 484 g/mol. The van der Waals surface area contributed by atoms with Gasteiger partial charge in [0.2, 0.25) is 0 Å². The molecule has 7 nitrogen and oxygen atoms in total. The Labute approximate surface area is 201 Å². The maximum absolute atomic E-state index is 13.6. The normalized spacial score (nSPS) is 17.9. The van der Waals surface area contributed by atoms with E-state index in [1.807, 2.05) is 18.4 Å². The molecule has 2 aromatic carbocycles. The standard InChI is InChI=1S/C26H27F2N3O4/c1-15(2)23-24(30-26(34)17-5-9-19(28)10-6-17)29-25(16-3-7-18(27)8-4-16)31(23)12-11-21-13-20(32)14-22(33)35-21/h3-10,15,20-21,32H,11-14H2,1-2H3,(H,30,34)/t20-,21-/m1/s1. The van der Waals surface area contributed by atoms with Crippen LogP contribution in [0, 0.1) is 11.6 Å². The van der Waals surface area contributed by atoms with E-state index in [0.29, 0.717) is 36.6 Å². The summed E-state index contributed by atoms with van der Waals surface area (Å²) in [6.45, 7) is 4.31. The van der Waals surface area contributed by atoms with Gasteiger partial charge in [-0.25, -0.2) is 13.8 Å². The molecule has 4 rings (SSSR count). The lowest BCUT2D eigenvalue weighted by molar-refractivity contribution is -0.160. The van der Waals surface area contributed by atoms with Crippen molar-refractivity contribution in [2.45, 2.75) is 57.8 Å². The van der Waals surface area contributed by atoms with Crippen molar-refractivity contribution in [3.63, 3.8) is 0 Å². The molecule has 0 saturated carbocycles. The average Bonchev–Trinajstić information content (AvgIpc) is 3.16. The molecule has 9 heteroatoms. The third-order valence-electron chi connectivity index (χ3n) is 5.90. The van der Waals surface area contributed by atoms with Gasteiger partial charge in [-0.15, -0.1) is 0 Å². The molecule has 184 valence electrons. The minimum atomic E-state index is -0.740. The van der Waals surface area contributed by atoms with Gasteiger partial charge in [0.25, 0.3) is 5.91 Å². The number of carbonyl (C=O) groups is 2. The highest BCUT2D eigenvalue weighted by molar-refractivity contribution is 6.04. The van der Waals surface area contributed by atoms with Crippen molar-refractivity contribution >= 4 is 17.7 Å². The molecule has 0 radical (unpaired) electrons. The Hall–Kier alpha value is -3.59. The molecule has 2 atom stereocenters. The molecular formula is C26H27F2N3O4. The van der Waals surface area contributed by atoms with Crippen molar-refractivity contribution in [1.29, 1.82) is 0 Å². The number of ether oxygens (including phenoxy) is 1. The summed E-state index contributed by atoms with van der Waals surface area (Å²) in [7, 11) is 0. The van der Waals surface area contributed by atoms with Crippen LogP contribution in [0.1, 0.15) is 55.1 Å². The van der Waals surface area contributed by atoms with Gasteiger partial charge < -0.3 is 19.7 Å². The van der Waals surface area contributed by atoms with E-state index in [1.54, 1.807) is 12.1 Å². The number of carbonyl (C=O) groups excluding carboxylic acids is 2. The quantitative estimate of drug-likeness (QED) is 0.477. The molecule has 1 aromatic heterocycles. The first-order chi connectivity index (χ1) is 16.7. The topological polar surface area (TPSA) is 93.5 Å². The van der Waals surface area contributed by atoms with E-state index in [2.05, 4.69) is 10.3 Å². The van der Waals surface area contributed by atoms with E-state index in [-0.39, 0.29) is 23.7 Å². The van der Waals surface area contributed by atoms with Crippen molar-refractivity contribution in [2.24, 2.45) is 0 Å². The number of nitrogens with one attached hydrogen (secondary N) is 1. The Kier molecular flexibility index (Phi) is 7.25. The van der Waals surface area contributed by atoms with E-state index in [0.717, 1.165) is 5.69 Å². The zero-order chi connectivity index (χ0) is 25.1. The highest BCUT2D eigenvalue weighted by Gasteiger charge is 2.29. The van der Waals surface area contributed by atoms with Crippen LogP contribution in [0.4, 0.5) is 14.6 Å². The van der Waals surface area contributed by atoms with Crippen molar-refractivity contribution in [2.75, 3.05) is 5.32 Å². The first kappa shape index (κ1) is 24.5. The monoisotopic (exact) mass is 483 g/mol. The van der Waals surface area contributed by atoms with Crippen LogP contribution in [0.15, 0.2) is 48.5 Å². The number of cyclic esters (lactones) is 1. The summed E-state index contributed by atoms with van der Waals surface area (Å²) in [4.78, 5) is 29.3. The van der Waals surface area contributed by atoms with Gasteiger partial charge >= 0.3 is 5.97 Å². The molecule has 1 saturated heterocycles. The Bertz CT molecular complexity index is 1210. The zero-order valence-electron chi connectivity index (χ0n) is 19.5. The van der Waals surface area contributed by atoms with Gasteiger partial charge in [0.15, 0.2) is 5.82 Å². The second kappa shape index (κ2) is 10.4. The van der Waals surface area contributed by atoms with Crippen LogP contribution in [-0.2, 0) is 16.1 Å². The van der Waals surface area contributed by atoms with E-state index in [1.165, 1.54) is 36.4 Å². The largest absolute Gasteiger partial charge is 0.462 e. The molecule has 1 aliphatic heterocycles. The van der Waals surface area contributed by atoms with Crippen LogP contribution < -0.4 is 5.32 Å². The lowest BCUT2D eigenvalue weighted by Crippen LogP contribution is -2.33. The lowest BCUT2D eigenvalue weighted by Gasteiger charge is -2.26. The van der Waals surface area contributed by atoms with E-state index >= 15 is 0 Å². The Morgan fingerprint density at radius 2 is 1.77 bits per heavy atom. The number of amides is 1. The Balaban J connectivity index is 1.69. The number of esters is 1. The fourth-order valence-electron chi connectivity index (χ4n) is 4.28. The summed E-state index contributed by atoms with van der Waals surface area (Å²) in [5.74, 6) is -0.898. The first-order valence-electron chi connectivity index (χ1n) is 11.5. The zero-order valence-corrected chi connectivity index (χ0v) is 19.5. The molecule has 35 heavy (non-hydrogen) atoms. The summed E-state index contributed by atoms with van der Waals surface area (Å²) in [5.41, 5.74) is 1.67. The van der Waals surface area contributed by atoms with Crippen molar-refractivity contribution in [3.8, 4) is 11.4 Å². The number of hydrogen-bond donors (Lipinski definition) is 2. The number of halogens is 2. The molecule has 0 spiro atoms. The van der Waals surface area contributed by atoms with Crippen molar-refractivity contribution in [3.05, 3.63) is 71.4 Å². The molecule has 0 unspecified atom stereocenters. The minimum Gasteiger partial charge on any atom is -0.462 e. The molecule has 1 fully saturated rings. The molecule has 2 N–H and O–H groups in total. The number of imidazole rings is 1. The third-order valence-corrected chi connectivity index (χ3v) is 5.90. The molecular weight excluding hydrogens is 456 g/mol. The van der Waals surface area contributed by atoms with Crippen LogP contribution in [0.2, 0.25) is 0 Å². The third kappa shape index (κ3) is 5.74. The van der Waals surface area contributed by atoms with Gasteiger partial charge in [0.05, 0.1) is 18.2 Å². The summed E-state index contributed by atoms with van der Waals surface area (Å²) < 4.78 is 34.2. The van der Waals surface area contributed by atoms with E-state index in [9.17, 15) is 23.5 Å². The van der Waals surface area contributed by atoms with Gasteiger partial charge in [-0.05, 0) is 54.4 Å². The fraction of sp³-hybridized carbons (Fsp3) is 0.346. The number of nitrogens with zero attached hydrogens (tertiary/aromatic N) is 2. The molecule has 0 bridgehead atoms. The number of aliphatic hydroxyl groups is 1. The SMILES string of the molecule is CC(C)c1c(NC(=O)c2ccc(F)cc2)nc(-c2ccc(F)cc2)n1CC[C@@H]1C[C@@H](O)CC(=O)O1. The number of aromatic nitrogens is 2. The Morgan fingerprint density at radius 3 is 2.37 bits per heavy atom. The molecule has 1 aliphatic rings. The summed E-state index contributed by atoms with van der Waals surface area (Å²) in [5, 5.41) is 12.8. The highest BCUT2D eigenvalue weighted by Crippen LogP contribution is 2.32. The lowest BCUT2D eigenvalue weighted by atomic mass is 10.0. The molecule has 2 heterocycles. The Morgan fingerprint density at radius 1 is 1.14 bits per heavy atom. The van der Waals surface area contributed by atoms with Crippen LogP contribution in [-0.4, -0.2) is 38.7 Å². The molecule has 1 amide bonds. The van der Waals surface area contributed by atoms with Gasteiger partial charge in [-0.2, -0.15) is 0 Å². The van der Waals surface area contributed by atoms with Gasteiger partial charge in [-0.1, -0.05) is 13.8 Å². The summed E-state index contributed by atoms with van der Waals surface area (Å²) >= 11 is 0. The highest BCUT2D eigenvalue weighted by atomic mass is 19.1. The molecule has 0 aliphatic carbocycles.